The number of rotatable bonds is 32. The van der Waals surface area contributed by atoms with Crippen LogP contribution in [0.1, 0.15) is 187 Å². The third-order valence-corrected chi connectivity index (χ3v) is 7.90. The average Bonchev–Trinajstić information content (AvgIpc) is 2.95. The average molecular weight is 557 g/mol. The predicted octanol–water partition coefficient (Wildman–Crippen LogP) is 13.2. The summed E-state index contributed by atoms with van der Waals surface area (Å²) in [6.45, 7) is 2.30. The minimum Gasteiger partial charge on any atom is -0.478 e. The summed E-state index contributed by atoms with van der Waals surface area (Å²) in [7, 11) is 0. The summed E-state index contributed by atoms with van der Waals surface area (Å²) in [4.78, 5) is 10.3. The van der Waals surface area contributed by atoms with Gasteiger partial charge in [0.1, 0.15) is 0 Å². The Labute approximate surface area is 250 Å². The SMILES string of the molecule is CCCCCCCCCCCCCCCCCCCCCCCCCCCCCC=CC=CC=CC=CC(=O)O. The fourth-order valence-electron chi connectivity index (χ4n) is 5.32. The molecule has 40 heavy (non-hydrogen) atoms. The van der Waals surface area contributed by atoms with E-state index in [1.54, 1.807) is 6.08 Å². The first-order valence-corrected chi connectivity index (χ1v) is 17.7. The highest BCUT2D eigenvalue weighted by atomic mass is 16.4. The summed E-state index contributed by atoms with van der Waals surface area (Å²) in [5.41, 5.74) is 0. The molecule has 0 rings (SSSR count). The zero-order chi connectivity index (χ0) is 29.0. The van der Waals surface area contributed by atoms with Crippen LogP contribution in [0.5, 0.6) is 0 Å². The van der Waals surface area contributed by atoms with Crippen molar-refractivity contribution in [2.24, 2.45) is 0 Å². The van der Waals surface area contributed by atoms with Gasteiger partial charge in [0.15, 0.2) is 0 Å². The smallest absolute Gasteiger partial charge is 0.328 e. The highest BCUT2D eigenvalue weighted by Gasteiger charge is 1.96. The lowest BCUT2D eigenvalue weighted by molar-refractivity contribution is -0.131. The molecule has 0 atom stereocenters. The molecular weight excluding hydrogens is 488 g/mol. The van der Waals surface area contributed by atoms with E-state index in [1.807, 2.05) is 18.2 Å². The van der Waals surface area contributed by atoms with Crippen LogP contribution in [0.3, 0.4) is 0 Å². The Morgan fingerprint density at radius 1 is 0.400 bits per heavy atom. The van der Waals surface area contributed by atoms with Crippen LogP contribution in [-0.4, -0.2) is 11.1 Å². The largest absolute Gasteiger partial charge is 0.478 e. The molecule has 0 spiro atoms. The minimum atomic E-state index is -0.917. The van der Waals surface area contributed by atoms with Crippen LogP contribution in [0.15, 0.2) is 48.6 Å². The first-order valence-electron chi connectivity index (χ1n) is 17.7. The van der Waals surface area contributed by atoms with Crippen molar-refractivity contribution in [2.45, 2.75) is 187 Å². The zero-order valence-electron chi connectivity index (χ0n) is 26.8. The standard InChI is InChI=1S/C38H68O2/c1-2-3-4-5-6-7-8-9-10-11-12-13-14-15-16-17-18-19-20-21-22-23-24-25-26-27-28-29-30-31-32-33-34-35-36-37-38(39)40/h30-37H,2-29H2,1H3,(H,39,40). The second kappa shape index (κ2) is 35.5. The van der Waals surface area contributed by atoms with Gasteiger partial charge in [-0.1, -0.05) is 216 Å². The lowest BCUT2D eigenvalue weighted by Gasteiger charge is -2.04. The Morgan fingerprint density at radius 3 is 1.00 bits per heavy atom. The number of hydrogen-bond acceptors (Lipinski definition) is 1. The summed E-state index contributed by atoms with van der Waals surface area (Å²) < 4.78 is 0. The van der Waals surface area contributed by atoms with E-state index in [1.165, 1.54) is 179 Å². The van der Waals surface area contributed by atoms with Gasteiger partial charge in [-0.3, -0.25) is 0 Å². The van der Waals surface area contributed by atoms with Crippen LogP contribution < -0.4 is 0 Å². The van der Waals surface area contributed by atoms with Crippen molar-refractivity contribution in [3.63, 3.8) is 0 Å². The van der Waals surface area contributed by atoms with Gasteiger partial charge < -0.3 is 5.11 Å². The van der Waals surface area contributed by atoms with Crippen LogP contribution >= 0.6 is 0 Å². The van der Waals surface area contributed by atoms with Crippen LogP contribution in [0.2, 0.25) is 0 Å². The highest BCUT2D eigenvalue weighted by molar-refractivity contribution is 5.80. The molecule has 0 bridgehead atoms. The molecule has 0 aromatic heterocycles. The van der Waals surface area contributed by atoms with Gasteiger partial charge in [0.2, 0.25) is 0 Å². The van der Waals surface area contributed by atoms with Gasteiger partial charge in [-0.15, -0.1) is 0 Å². The van der Waals surface area contributed by atoms with E-state index in [0.29, 0.717) is 0 Å². The number of carboxylic acid groups (broad SMARTS) is 1. The fourth-order valence-corrected chi connectivity index (χ4v) is 5.32. The maximum atomic E-state index is 10.3. The van der Waals surface area contributed by atoms with Crippen molar-refractivity contribution in [2.75, 3.05) is 0 Å². The molecule has 0 aliphatic rings. The van der Waals surface area contributed by atoms with Crippen molar-refractivity contribution in [1.29, 1.82) is 0 Å². The van der Waals surface area contributed by atoms with Gasteiger partial charge in [0.25, 0.3) is 0 Å². The molecule has 0 aliphatic carbocycles. The molecular formula is C38H68O2. The fraction of sp³-hybridized carbons (Fsp3) is 0.763. The van der Waals surface area contributed by atoms with Crippen LogP contribution in [0, 0.1) is 0 Å². The summed E-state index contributed by atoms with van der Waals surface area (Å²) in [5, 5.41) is 8.49. The van der Waals surface area contributed by atoms with E-state index < -0.39 is 5.97 Å². The monoisotopic (exact) mass is 557 g/mol. The maximum Gasteiger partial charge on any atom is 0.328 e. The topological polar surface area (TPSA) is 37.3 Å². The molecule has 0 unspecified atom stereocenters. The first kappa shape index (κ1) is 38.4. The molecule has 0 fully saturated rings. The van der Waals surface area contributed by atoms with Gasteiger partial charge in [0, 0.05) is 6.08 Å². The second-order valence-corrected chi connectivity index (χ2v) is 11.9. The summed E-state index contributed by atoms with van der Waals surface area (Å²) in [5.74, 6) is -0.917. The molecule has 0 aromatic rings. The summed E-state index contributed by atoms with van der Waals surface area (Å²) in [6, 6.07) is 0. The zero-order valence-corrected chi connectivity index (χ0v) is 26.8. The minimum absolute atomic E-state index is 0.917. The molecule has 0 amide bonds. The molecule has 0 saturated heterocycles. The van der Waals surface area contributed by atoms with E-state index in [4.69, 9.17) is 5.11 Å². The number of aliphatic carboxylic acids is 1. The second-order valence-electron chi connectivity index (χ2n) is 11.9. The van der Waals surface area contributed by atoms with Gasteiger partial charge >= 0.3 is 5.97 Å². The van der Waals surface area contributed by atoms with Crippen molar-refractivity contribution >= 4 is 5.97 Å². The lowest BCUT2D eigenvalue weighted by Crippen LogP contribution is -1.84. The Bertz CT molecular complexity index is 613. The molecule has 0 saturated carbocycles. The predicted molar refractivity (Wildman–Crippen MR) is 179 cm³/mol. The normalized spacial score (nSPS) is 12.2. The molecule has 0 aliphatic heterocycles. The van der Waals surface area contributed by atoms with Crippen LogP contribution in [0.25, 0.3) is 0 Å². The van der Waals surface area contributed by atoms with E-state index in [0.717, 1.165) is 12.5 Å². The van der Waals surface area contributed by atoms with Crippen molar-refractivity contribution in [1.82, 2.24) is 0 Å². The molecule has 0 aromatic carbocycles. The molecule has 0 heterocycles. The van der Waals surface area contributed by atoms with E-state index >= 15 is 0 Å². The molecule has 2 heteroatoms. The quantitative estimate of drug-likeness (QED) is 0.0508. The number of allylic oxidation sites excluding steroid dienone is 7. The number of carboxylic acids is 1. The Kier molecular flexibility index (Phi) is 34.1. The first-order chi connectivity index (χ1) is 19.8. The third-order valence-electron chi connectivity index (χ3n) is 7.90. The van der Waals surface area contributed by atoms with Crippen molar-refractivity contribution in [3.05, 3.63) is 48.6 Å². The third kappa shape index (κ3) is 36.4. The highest BCUT2D eigenvalue weighted by Crippen LogP contribution is 2.16. The lowest BCUT2D eigenvalue weighted by atomic mass is 10.0. The Hall–Kier alpha value is -1.57. The number of unbranched alkanes of at least 4 members (excludes halogenated alkanes) is 27. The van der Waals surface area contributed by atoms with E-state index in [-0.39, 0.29) is 0 Å². The van der Waals surface area contributed by atoms with Crippen LogP contribution in [0.4, 0.5) is 0 Å². The van der Waals surface area contributed by atoms with Crippen LogP contribution in [-0.2, 0) is 4.79 Å². The number of hydrogen-bond donors (Lipinski definition) is 1. The molecule has 0 radical (unpaired) electrons. The van der Waals surface area contributed by atoms with Gasteiger partial charge in [-0.2, -0.15) is 0 Å². The summed E-state index contributed by atoms with van der Waals surface area (Å²) >= 11 is 0. The molecule has 2 nitrogen and oxygen atoms in total. The Balaban J connectivity index is 3.15. The van der Waals surface area contributed by atoms with Crippen molar-refractivity contribution < 1.29 is 9.90 Å². The van der Waals surface area contributed by atoms with Gasteiger partial charge in [0.05, 0.1) is 0 Å². The van der Waals surface area contributed by atoms with E-state index in [2.05, 4.69) is 19.1 Å². The number of carbonyl (C=O) groups is 1. The molecule has 232 valence electrons. The van der Waals surface area contributed by atoms with Gasteiger partial charge in [-0.05, 0) is 12.8 Å². The van der Waals surface area contributed by atoms with Gasteiger partial charge in [-0.25, -0.2) is 4.79 Å². The van der Waals surface area contributed by atoms with E-state index in [9.17, 15) is 4.79 Å². The maximum absolute atomic E-state index is 10.3. The molecule has 1 N–H and O–H groups in total. The summed E-state index contributed by atoms with van der Waals surface area (Å²) in [6.07, 6.45) is 54.5. The van der Waals surface area contributed by atoms with Crippen molar-refractivity contribution in [3.8, 4) is 0 Å². The Morgan fingerprint density at radius 2 is 0.675 bits per heavy atom.